The van der Waals surface area contributed by atoms with Crippen LogP contribution in [0.25, 0.3) is 0 Å². The lowest BCUT2D eigenvalue weighted by atomic mass is 9.83. The summed E-state index contributed by atoms with van der Waals surface area (Å²) in [6, 6.07) is 14.8. The van der Waals surface area contributed by atoms with Crippen molar-refractivity contribution in [1.82, 2.24) is 14.8 Å². The normalized spacial score (nSPS) is 22.6. The molecule has 2 bridgehead atoms. The van der Waals surface area contributed by atoms with E-state index in [1.807, 2.05) is 45.9 Å². The van der Waals surface area contributed by atoms with E-state index in [9.17, 15) is 9.59 Å². The summed E-state index contributed by atoms with van der Waals surface area (Å²) in [5.41, 5.74) is 1.94. The number of pyridine rings is 1. The topological polar surface area (TPSA) is 54.3 Å². The Hall–Kier alpha value is -1.53. The molecule has 154 valence electrons. The maximum absolute atomic E-state index is 12.6. The highest BCUT2D eigenvalue weighted by atomic mass is 35.6. The third-order valence-electron chi connectivity index (χ3n) is 5.69. The molecule has 3 heterocycles. The second-order valence-electron chi connectivity index (χ2n) is 7.83. The second kappa shape index (κ2) is 8.31. The summed E-state index contributed by atoms with van der Waals surface area (Å²) in [7, 11) is 0. The molecule has 0 radical (unpaired) electrons. The predicted octanol–water partition coefficient (Wildman–Crippen LogP) is 3.32. The predicted molar refractivity (Wildman–Crippen MR) is 115 cm³/mol. The standard InChI is InChI=1S/C21H22Cl3N3O2/c22-21(23,24)20(25-18(28)10-14-5-2-1-3-6-14)26-11-15-9-16(13-26)17-7-4-8-19(29)27(17)12-15/h1-8,15-16,20H,9-13H2,(H,25,28)/t15-,16+,20-/m0/s1. The van der Waals surface area contributed by atoms with Crippen LogP contribution >= 0.6 is 34.8 Å². The number of likely N-dealkylation sites (tertiary alicyclic amines) is 1. The van der Waals surface area contributed by atoms with Crippen LogP contribution in [0.4, 0.5) is 0 Å². The van der Waals surface area contributed by atoms with Gasteiger partial charge in [-0.15, -0.1) is 0 Å². The molecule has 1 aromatic carbocycles. The summed E-state index contributed by atoms with van der Waals surface area (Å²) in [5.74, 6) is 0.236. The van der Waals surface area contributed by atoms with Crippen molar-refractivity contribution in [3.8, 4) is 0 Å². The van der Waals surface area contributed by atoms with Gasteiger partial charge in [0, 0.05) is 37.3 Å². The number of hydrogen-bond donors (Lipinski definition) is 1. The average Bonchev–Trinajstić information content (AvgIpc) is 2.67. The van der Waals surface area contributed by atoms with E-state index in [0.717, 1.165) is 17.7 Å². The van der Waals surface area contributed by atoms with Gasteiger partial charge in [0.25, 0.3) is 5.56 Å². The number of carbonyl (C=O) groups is 1. The van der Waals surface area contributed by atoms with E-state index in [-0.39, 0.29) is 29.7 Å². The van der Waals surface area contributed by atoms with Crippen molar-refractivity contribution >= 4 is 40.7 Å². The maximum Gasteiger partial charge on any atom is 0.250 e. The van der Waals surface area contributed by atoms with Crippen LogP contribution in [0.1, 0.15) is 23.6 Å². The van der Waals surface area contributed by atoms with Gasteiger partial charge in [-0.25, -0.2) is 0 Å². The molecule has 1 saturated heterocycles. The number of alkyl halides is 3. The molecular formula is C21H22Cl3N3O2. The minimum Gasteiger partial charge on any atom is -0.336 e. The lowest BCUT2D eigenvalue weighted by Crippen LogP contribution is -2.60. The van der Waals surface area contributed by atoms with Crippen LogP contribution in [0, 0.1) is 5.92 Å². The van der Waals surface area contributed by atoms with Crippen LogP contribution in [0.15, 0.2) is 53.3 Å². The number of rotatable bonds is 4. The van der Waals surface area contributed by atoms with Gasteiger partial charge in [0.15, 0.2) is 0 Å². The van der Waals surface area contributed by atoms with E-state index in [1.54, 1.807) is 12.1 Å². The van der Waals surface area contributed by atoms with Crippen LogP contribution in [-0.2, 0) is 17.8 Å². The largest absolute Gasteiger partial charge is 0.336 e. The zero-order chi connectivity index (χ0) is 20.6. The number of carbonyl (C=O) groups excluding carboxylic acids is 1. The van der Waals surface area contributed by atoms with Crippen molar-refractivity contribution in [3.05, 3.63) is 70.1 Å². The summed E-state index contributed by atoms with van der Waals surface area (Å²) in [6.07, 6.45) is 0.470. The Morgan fingerprint density at radius 2 is 1.83 bits per heavy atom. The molecule has 2 aromatic rings. The Morgan fingerprint density at radius 3 is 2.55 bits per heavy atom. The number of nitrogens with one attached hydrogen (secondary N) is 1. The molecule has 29 heavy (non-hydrogen) atoms. The highest BCUT2D eigenvalue weighted by Crippen LogP contribution is 2.39. The minimum atomic E-state index is -1.67. The molecule has 3 atom stereocenters. The van der Waals surface area contributed by atoms with Crippen LogP contribution in [-0.4, -0.2) is 38.4 Å². The lowest BCUT2D eigenvalue weighted by molar-refractivity contribution is -0.122. The zero-order valence-corrected chi connectivity index (χ0v) is 18.0. The Bertz CT molecular complexity index is 942. The molecule has 0 spiro atoms. The van der Waals surface area contributed by atoms with Crippen molar-refractivity contribution in [3.63, 3.8) is 0 Å². The molecule has 2 aliphatic heterocycles. The fraction of sp³-hybridized carbons (Fsp3) is 0.429. The Labute approximate surface area is 184 Å². The number of piperidine rings is 1. The monoisotopic (exact) mass is 453 g/mol. The van der Waals surface area contributed by atoms with Gasteiger partial charge in [-0.2, -0.15) is 0 Å². The van der Waals surface area contributed by atoms with Gasteiger partial charge in [0.05, 0.1) is 6.42 Å². The zero-order valence-electron chi connectivity index (χ0n) is 15.7. The van der Waals surface area contributed by atoms with E-state index >= 15 is 0 Å². The van der Waals surface area contributed by atoms with Gasteiger partial charge in [-0.1, -0.05) is 71.2 Å². The quantitative estimate of drug-likeness (QED) is 0.721. The molecular weight excluding hydrogens is 433 g/mol. The molecule has 0 aliphatic carbocycles. The highest BCUT2D eigenvalue weighted by molar-refractivity contribution is 6.68. The molecule has 0 saturated carbocycles. The Balaban J connectivity index is 1.53. The summed E-state index contributed by atoms with van der Waals surface area (Å²) < 4.78 is 0.183. The third kappa shape index (κ3) is 4.64. The first-order valence-electron chi connectivity index (χ1n) is 9.65. The highest BCUT2D eigenvalue weighted by Gasteiger charge is 2.44. The first-order valence-corrected chi connectivity index (χ1v) is 10.8. The summed E-state index contributed by atoms with van der Waals surface area (Å²) in [6.45, 7) is 1.91. The number of fused-ring (bicyclic) bond motifs is 4. The van der Waals surface area contributed by atoms with E-state index in [2.05, 4.69) is 5.32 Å². The number of halogens is 3. The molecule has 4 rings (SSSR count). The fourth-order valence-electron chi connectivity index (χ4n) is 4.51. The molecule has 5 nitrogen and oxygen atoms in total. The third-order valence-corrected chi connectivity index (χ3v) is 6.31. The molecule has 2 aliphatic rings. The molecule has 8 heteroatoms. The summed E-state index contributed by atoms with van der Waals surface area (Å²) in [4.78, 5) is 26.9. The Kier molecular flexibility index (Phi) is 5.94. The van der Waals surface area contributed by atoms with E-state index in [1.165, 1.54) is 0 Å². The van der Waals surface area contributed by atoms with Gasteiger partial charge in [-0.05, 0) is 24.0 Å². The van der Waals surface area contributed by atoms with Crippen molar-refractivity contribution in [2.45, 2.75) is 35.3 Å². The van der Waals surface area contributed by atoms with Gasteiger partial charge in [-0.3, -0.25) is 14.5 Å². The van der Waals surface area contributed by atoms with Crippen LogP contribution in [0.5, 0.6) is 0 Å². The van der Waals surface area contributed by atoms with E-state index < -0.39 is 9.96 Å². The number of hydrogen-bond acceptors (Lipinski definition) is 3. The average molecular weight is 455 g/mol. The maximum atomic E-state index is 12.6. The van der Waals surface area contributed by atoms with E-state index in [0.29, 0.717) is 19.6 Å². The first kappa shape index (κ1) is 20.7. The van der Waals surface area contributed by atoms with Crippen molar-refractivity contribution in [2.75, 3.05) is 13.1 Å². The van der Waals surface area contributed by atoms with Gasteiger partial charge >= 0.3 is 0 Å². The number of aromatic nitrogens is 1. The minimum absolute atomic E-state index is 0.0275. The van der Waals surface area contributed by atoms with Gasteiger partial charge < -0.3 is 9.88 Å². The number of nitrogens with zero attached hydrogens (tertiary/aromatic N) is 2. The van der Waals surface area contributed by atoms with Crippen molar-refractivity contribution < 1.29 is 4.79 Å². The van der Waals surface area contributed by atoms with Gasteiger partial charge in [0.2, 0.25) is 9.70 Å². The molecule has 1 N–H and O–H groups in total. The number of amides is 1. The van der Waals surface area contributed by atoms with Crippen molar-refractivity contribution in [1.29, 1.82) is 0 Å². The van der Waals surface area contributed by atoms with Crippen LogP contribution < -0.4 is 10.9 Å². The van der Waals surface area contributed by atoms with Gasteiger partial charge in [0.1, 0.15) is 6.17 Å². The molecule has 1 fully saturated rings. The van der Waals surface area contributed by atoms with Crippen LogP contribution in [0.3, 0.4) is 0 Å². The molecule has 1 aromatic heterocycles. The second-order valence-corrected chi connectivity index (χ2v) is 10.2. The summed E-state index contributed by atoms with van der Waals surface area (Å²) in [5, 5.41) is 2.92. The fourth-order valence-corrected chi connectivity index (χ4v) is 5.09. The number of benzene rings is 1. The smallest absolute Gasteiger partial charge is 0.250 e. The SMILES string of the molecule is O=C(Cc1ccccc1)N[C@@H](N1C[C@@H]2C[C@H](C1)c1cccc(=O)n1C2)C(Cl)(Cl)Cl. The molecule has 1 amide bonds. The molecule has 0 unspecified atom stereocenters. The van der Waals surface area contributed by atoms with E-state index in [4.69, 9.17) is 34.8 Å². The lowest BCUT2D eigenvalue weighted by Gasteiger charge is -2.47. The van der Waals surface area contributed by atoms with Crippen LogP contribution in [0.2, 0.25) is 0 Å². The van der Waals surface area contributed by atoms with Crippen molar-refractivity contribution in [2.24, 2.45) is 5.92 Å². The first-order chi connectivity index (χ1) is 13.8. The summed E-state index contributed by atoms with van der Waals surface area (Å²) >= 11 is 18.8. The Morgan fingerprint density at radius 1 is 1.07 bits per heavy atom.